The Morgan fingerprint density at radius 3 is 2.06 bits per heavy atom. The van der Waals surface area contributed by atoms with Gasteiger partial charge in [-0.15, -0.1) is 0 Å². The van der Waals surface area contributed by atoms with Crippen molar-refractivity contribution in [3.05, 3.63) is 54.2 Å². The Hall–Kier alpha value is -3.25. The smallest absolute Gasteiger partial charge is 0.352 e. The van der Waals surface area contributed by atoms with Crippen LogP contribution in [0.1, 0.15) is 12.6 Å². The molecule has 174 valence electrons. The number of hydrogen-bond acceptors (Lipinski definition) is 6. The summed E-state index contributed by atoms with van der Waals surface area (Å²) in [6.07, 6.45) is -4.70. The van der Waals surface area contributed by atoms with Gasteiger partial charge in [-0.3, -0.25) is 4.79 Å². The number of rotatable bonds is 4. The fraction of sp³-hybridized carbons (Fsp3) is 0.286. The molecule has 8 nitrogen and oxygen atoms in total. The number of aromatic nitrogens is 2. The molecule has 1 amide bonds. The molecule has 12 heteroatoms. The molecule has 0 bridgehead atoms. The molecule has 0 spiro atoms. The monoisotopic (exact) mass is 479 g/mol. The molecule has 2 heterocycles. The number of carbonyl (C=O) groups is 1. The number of sulfonamides is 1. The van der Waals surface area contributed by atoms with E-state index in [1.165, 1.54) is 46.5 Å². The number of piperazine rings is 1. The third-order valence-electron chi connectivity index (χ3n) is 5.17. The van der Waals surface area contributed by atoms with Crippen LogP contribution in [0.5, 0.6) is 0 Å². The molecule has 0 radical (unpaired) electrons. The van der Waals surface area contributed by atoms with Crippen molar-refractivity contribution in [3.8, 4) is 0 Å². The summed E-state index contributed by atoms with van der Waals surface area (Å²) in [5.74, 6) is -0.588. The molecule has 3 aromatic rings. The first kappa shape index (κ1) is 22.9. The lowest BCUT2D eigenvalue weighted by Crippen LogP contribution is -2.49. The van der Waals surface area contributed by atoms with E-state index >= 15 is 0 Å². The lowest BCUT2D eigenvalue weighted by atomic mass is 10.2. The summed E-state index contributed by atoms with van der Waals surface area (Å²) in [7, 11) is -3.85. The number of alkyl halides is 3. The zero-order valence-corrected chi connectivity index (χ0v) is 18.3. The minimum Gasteiger partial charge on any atom is -0.352 e. The molecule has 1 aliphatic rings. The Bertz CT molecular complexity index is 1290. The normalized spacial score (nSPS) is 15.6. The lowest BCUT2D eigenvalue weighted by Gasteiger charge is -2.35. The van der Waals surface area contributed by atoms with E-state index in [9.17, 15) is 26.4 Å². The highest BCUT2D eigenvalue weighted by Gasteiger charge is 2.39. The molecule has 33 heavy (non-hydrogen) atoms. The maximum absolute atomic E-state index is 13.7. The molecule has 2 aromatic carbocycles. The Morgan fingerprint density at radius 1 is 0.939 bits per heavy atom. The van der Waals surface area contributed by atoms with Gasteiger partial charge in [-0.1, -0.05) is 12.1 Å². The van der Waals surface area contributed by atoms with Crippen LogP contribution in [-0.2, 0) is 21.0 Å². The van der Waals surface area contributed by atoms with Gasteiger partial charge in [0.15, 0.2) is 11.5 Å². The average Bonchev–Trinajstić information content (AvgIpc) is 2.77. The molecule has 0 atom stereocenters. The Labute approximate surface area is 188 Å². The predicted molar refractivity (Wildman–Crippen MR) is 116 cm³/mol. The Kier molecular flexibility index (Phi) is 5.97. The zero-order chi connectivity index (χ0) is 23.8. The first-order chi connectivity index (χ1) is 15.6. The fourth-order valence-electron chi connectivity index (χ4n) is 3.60. The number of nitrogens with one attached hydrogen (secondary N) is 1. The second-order valence-electron chi connectivity index (χ2n) is 7.48. The molecule has 1 saturated heterocycles. The quantitative estimate of drug-likeness (QED) is 0.618. The van der Waals surface area contributed by atoms with E-state index in [4.69, 9.17) is 0 Å². The Balaban J connectivity index is 1.55. The van der Waals surface area contributed by atoms with Gasteiger partial charge in [0.1, 0.15) is 0 Å². The van der Waals surface area contributed by atoms with Crippen molar-refractivity contribution < 1.29 is 26.4 Å². The van der Waals surface area contributed by atoms with Crippen molar-refractivity contribution in [1.82, 2.24) is 14.3 Å². The topological polar surface area (TPSA) is 95.5 Å². The van der Waals surface area contributed by atoms with Crippen LogP contribution >= 0.6 is 0 Å². The SMILES string of the molecule is CC(=O)Nc1ccc(S(=O)(=O)N2CCN(c3nc4ccccc4nc3C(F)(F)F)CC2)cc1. The largest absolute Gasteiger partial charge is 0.437 e. The highest BCUT2D eigenvalue weighted by atomic mass is 32.2. The average molecular weight is 479 g/mol. The van der Waals surface area contributed by atoms with E-state index in [1.54, 1.807) is 18.2 Å². The van der Waals surface area contributed by atoms with Gasteiger partial charge in [-0.2, -0.15) is 17.5 Å². The van der Waals surface area contributed by atoms with Gasteiger partial charge < -0.3 is 10.2 Å². The molecular weight excluding hydrogens is 459 g/mol. The molecule has 1 aromatic heterocycles. The summed E-state index contributed by atoms with van der Waals surface area (Å²) in [4.78, 5) is 20.5. The molecule has 0 unspecified atom stereocenters. The van der Waals surface area contributed by atoms with E-state index < -0.39 is 21.9 Å². The van der Waals surface area contributed by atoms with E-state index in [1.807, 2.05) is 0 Å². The highest BCUT2D eigenvalue weighted by molar-refractivity contribution is 7.89. The number of halogens is 3. The van der Waals surface area contributed by atoms with Crippen molar-refractivity contribution in [3.63, 3.8) is 0 Å². The molecule has 1 fully saturated rings. The van der Waals surface area contributed by atoms with Crippen LogP contribution in [0.15, 0.2) is 53.4 Å². The Morgan fingerprint density at radius 2 is 1.52 bits per heavy atom. The summed E-state index contributed by atoms with van der Waals surface area (Å²) >= 11 is 0. The molecule has 1 aliphatic heterocycles. The number of anilines is 2. The van der Waals surface area contributed by atoms with Crippen LogP contribution < -0.4 is 10.2 Å². The first-order valence-electron chi connectivity index (χ1n) is 10.0. The summed E-state index contributed by atoms with van der Waals surface area (Å²) in [5, 5.41) is 2.56. The van der Waals surface area contributed by atoms with Gasteiger partial charge in [0.05, 0.1) is 15.9 Å². The van der Waals surface area contributed by atoms with Crippen LogP contribution in [0.25, 0.3) is 11.0 Å². The van der Waals surface area contributed by atoms with Crippen molar-refractivity contribution in [1.29, 1.82) is 0 Å². The van der Waals surface area contributed by atoms with Gasteiger partial charge in [-0.25, -0.2) is 18.4 Å². The van der Waals surface area contributed by atoms with Crippen molar-refractivity contribution in [2.24, 2.45) is 0 Å². The van der Waals surface area contributed by atoms with Gasteiger partial charge in [0, 0.05) is 38.8 Å². The summed E-state index contributed by atoms with van der Waals surface area (Å²) < 4.78 is 68.2. The predicted octanol–water partition coefficient (Wildman–Crippen LogP) is 3.12. The zero-order valence-electron chi connectivity index (χ0n) is 17.5. The second kappa shape index (κ2) is 8.60. The van der Waals surface area contributed by atoms with Crippen LogP contribution in [0.4, 0.5) is 24.7 Å². The lowest BCUT2D eigenvalue weighted by molar-refractivity contribution is -0.140. The van der Waals surface area contributed by atoms with Crippen LogP contribution in [0.2, 0.25) is 0 Å². The molecule has 1 N–H and O–H groups in total. The molecule has 4 rings (SSSR count). The molecule has 0 aliphatic carbocycles. The number of nitrogens with zero attached hydrogens (tertiary/aromatic N) is 4. The van der Waals surface area contributed by atoms with Crippen LogP contribution in [-0.4, -0.2) is 54.8 Å². The van der Waals surface area contributed by atoms with E-state index in [0.29, 0.717) is 11.2 Å². The standard InChI is InChI=1S/C21H20F3N5O3S/c1-14(30)25-15-6-8-16(9-7-15)33(31,32)29-12-10-28(11-13-29)20-19(21(22,23)24)26-17-4-2-3-5-18(17)27-20/h2-9H,10-13H2,1H3,(H,25,30). The van der Waals surface area contributed by atoms with E-state index in [-0.39, 0.29) is 48.3 Å². The van der Waals surface area contributed by atoms with Gasteiger partial charge >= 0.3 is 6.18 Å². The minimum atomic E-state index is -4.70. The summed E-state index contributed by atoms with van der Waals surface area (Å²) in [6, 6.07) is 12.0. The van der Waals surface area contributed by atoms with Gasteiger partial charge in [0.2, 0.25) is 15.9 Å². The minimum absolute atomic E-state index is 0.0123. The van der Waals surface area contributed by atoms with E-state index in [0.717, 1.165) is 0 Å². The molecule has 0 saturated carbocycles. The number of benzene rings is 2. The summed E-state index contributed by atoms with van der Waals surface area (Å²) in [5.41, 5.74) is -0.167. The molecular formula is C21H20F3N5O3S. The second-order valence-corrected chi connectivity index (χ2v) is 9.42. The summed E-state index contributed by atoms with van der Waals surface area (Å²) in [6.45, 7) is 1.37. The van der Waals surface area contributed by atoms with E-state index in [2.05, 4.69) is 15.3 Å². The third-order valence-corrected chi connectivity index (χ3v) is 7.08. The van der Waals surface area contributed by atoms with Crippen LogP contribution in [0, 0.1) is 0 Å². The van der Waals surface area contributed by atoms with Gasteiger partial charge in [0.25, 0.3) is 0 Å². The van der Waals surface area contributed by atoms with Crippen LogP contribution in [0.3, 0.4) is 0 Å². The maximum atomic E-state index is 13.7. The number of para-hydroxylation sites is 2. The van der Waals surface area contributed by atoms with Crippen molar-refractivity contribution in [2.45, 2.75) is 18.0 Å². The fourth-order valence-corrected chi connectivity index (χ4v) is 5.03. The number of hydrogen-bond donors (Lipinski definition) is 1. The maximum Gasteiger partial charge on any atom is 0.437 e. The number of fused-ring (bicyclic) bond motifs is 1. The number of carbonyl (C=O) groups excluding carboxylic acids is 1. The third kappa shape index (κ3) is 4.76. The van der Waals surface area contributed by atoms with Crippen molar-refractivity contribution in [2.75, 3.05) is 36.4 Å². The highest BCUT2D eigenvalue weighted by Crippen LogP contribution is 2.36. The van der Waals surface area contributed by atoms with Crippen molar-refractivity contribution >= 4 is 38.5 Å². The first-order valence-corrected chi connectivity index (χ1v) is 11.5. The van der Waals surface area contributed by atoms with Gasteiger partial charge in [-0.05, 0) is 36.4 Å². The number of amides is 1.